The predicted octanol–water partition coefficient (Wildman–Crippen LogP) is 2.47. The summed E-state index contributed by atoms with van der Waals surface area (Å²) >= 11 is 0. The summed E-state index contributed by atoms with van der Waals surface area (Å²) in [4.78, 5) is 47.6. The van der Waals surface area contributed by atoms with E-state index in [-0.39, 0.29) is 27.8 Å². The summed E-state index contributed by atoms with van der Waals surface area (Å²) in [5.74, 6) is -2.38. The van der Waals surface area contributed by atoms with Crippen molar-refractivity contribution in [3.63, 3.8) is 0 Å². The fourth-order valence-electron chi connectivity index (χ4n) is 2.91. The lowest BCUT2D eigenvalue weighted by molar-refractivity contribution is 0.0977. The summed E-state index contributed by atoms with van der Waals surface area (Å²) in [6, 6.07) is 6.03. The van der Waals surface area contributed by atoms with Crippen LogP contribution >= 0.6 is 0 Å². The third kappa shape index (κ3) is 2.42. The first-order valence-electron chi connectivity index (χ1n) is 7.20. The maximum absolute atomic E-state index is 12.8. The number of carbonyl (C=O) groups is 4. The number of nitrogen functional groups attached to an aromatic ring is 1. The van der Waals surface area contributed by atoms with Crippen molar-refractivity contribution in [1.82, 2.24) is 0 Å². The Morgan fingerprint density at radius 1 is 0.885 bits per heavy atom. The number of ether oxygens (including phenoxy) is 2. The lowest BCUT2D eigenvalue weighted by Crippen LogP contribution is -2.25. The van der Waals surface area contributed by atoms with Gasteiger partial charge in [-0.3, -0.25) is 9.59 Å². The van der Waals surface area contributed by atoms with E-state index in [1.54, 1.807) is 12.1 Å². The van der Waals surface area contributed by atoms with Crippen LogP contribution in [-0.2, 0) is 0 Å². The molecular weight excluding hydrogens is 346 g/mol. The second-order valence-electron chi connectivity index (χ2n) is 5.39. The van der Waals surface area contributed by atoms with Gasteiger partial charge in [0, 0.05) is 22.3 Å². The molecule has 0 unspecified atom stereocenters. The zero-order chi connectivity index (χ0) is 19.2. The summed E-state index contributed by atoms with van der Waals surface area (Å²) in [6.45, 7) is 1.31. The molecule has 26 heavy (non-hydrogen) atoms. The van der Waals surface area contributed by atoms with Gasteiger partial charge >= 0.3 is 12.3 Å². The molecule has 0 spiro atoms. The first-order chi connectivity index (χ1) is 12.2. The van der Waals surface area contributed by atoms with E-state index < -0.39 is 41.1 Å². The molecule has 0 saturated heterocycles. The van der Waals surface area contributed by atoms with E-state index in [4.69, 9.17) is 15.9 Å². The van der Waals surface area contributed by atoms with Crippen LogP contribution in [0.15, 0.2) is 24.3 Å². The highest BCUT2D eigenvalue weighted by atomic mass is 16.7. The van der Waals surface area contributed by atoms with Crippen LogP contribution in [0, 0.1) is 6.92 Å². The van der Waals surface area contributed by atoms with E-state index in [0.29, 0.717) is 0 Å². The van der Waals surface area contributed by atoms with E-state index in [0.717, 1.165) is 0 Å². The average Bonchev–Trinajstić information content (AvgIpc) is 2.58. The summed E-state index contributed by atoms with van der Waals surface area (Å²) < 4.78 is 9.12. The van der Waals surface area contributed by atoms with Crippen molar-refractivity contribution in [3.05, 3.63) is 52.1 Å². The highest BCUT2D eigenvalue weighted by Crippen LogP contribution is 2.45. The molecule has 4 N–H and O–H groups in total. The maximum Gasteiger partial charge on any atom is 0.511 e. The van der Waals surface area contributed by atoms with Gasteiger partial charge in [0.1, 0.15) is 0 Å². The lowest BCUT2D eigenvalue weighted by Gasteiger charge is -2.23. The van der Waals surface area contributed by atoms with E-state index in [2.05, 4.69) is 9.47 Å². The molecule has 9 nitrogen and oxygen atoms in total. The number of carboxylic acid groups (broad SMARTS) is 2. The minimum atomic E-state index is -1.79. The van der Waals surface area contributed by atoms with E-state index in [1.165, 1.54) is 19.1 Å². The van der Waals surface area contributed by atoms with Crippen molar-refractivity contribution >= 4 is 29.6 Å². The number of ketones is 2. The molecule has 3 rings (SSSR count). The maximum atomic E-state index is 12.8. The highest BCUT2D eigenvalue weighted by molar-refractivity contribution is 6.31. The molecule has 1 aliphatic carbocycles. The molecule has 132 valence electrons. The number of nitrogens with two attached hydrogens (primary N) is 1. The molecule has 0 saturated carbocycles. The normalized spacial score (nSPS) is 12.2. The summed E-state index contributed by atoms with van der Waals surface area (Å²) in [7, 11) is 0. The Hall–Kier alpha value is -3.88. The molecule has 0 fully saturated rings. The Labute approximate surface area is 145 Å². The Morgan fingerprint density at radius 2 is 1.35 bits per heavy atom. The molecule has 9 heteroatoms. The number of fused-ring (bicyclic) bond motifs is 2. The van der Waals surface area contributed by atoms with Crippen LogP contribution in [0.5, 0.6) is 11.5 Å². The number of hydrogen-bond acceptors (Lipinski definition) is 7. The van der Waals surface area contributed by atoms with E-state index >= 15 is 0 Å². The zero-order valence-corrected chi connectivity index (χ0v) is 13.2. The number of rotatable bonds is 2. The molecule has 0 atom stereocenters. The largest absolute Gasteiger partial charge is 0.511 e. The van der Waals surface area contributed by atoms with Crippen LogP contribution in [-0.4, -0.2) is 34.1 Å². The van der Waals surface area contributed by atoms with Crippen LogP contribution in [0.3, 0.4) is 0 Å². The zero-order valence-electron chi connectivity index (χ0n) is 13.2. The molecule has 0 bridgehead atoms. The topological polar surface area (TPSA) is 153 Å². The van der Waals surface area contributed by atoms with Gasteiger partial charge in [-0.05, 0) is 6.92 Å². The monoisotopic (exact) mass is 357 g/mol. The minimum Gasteiger partial charge on any atom is -0.449 e. The smallest absolute Gasteiger partial charge is 0.449 e. The Morgan fingerprint density at radius 3 is 1.85 bits per heavy atom. The molecule has 2 aromatic rings. The van der Waals surface area contributed by atoms with Crippen molar-refractivity contribution in [1.29, 1.82) is 0 Å². The molecular formula is C17H11NO8. The SMILES string of the molecule is Cc1c(OC(=O)O)c(OC(=O)O)c(N)c2c1C(=O)c1ccccc1C2=O. The second-order valence-corrected chi connectivity index (χ2v) is 5.39. The van der Waals surface area contributed by atoms with Crippen molar-refractivity contribution in [2.75, 3.05) is 5.73 Å². The molecule has 0 heterocycles. The third-order valence-electron chi connectivity index (χ3n) is 3.93. The van der Waals surface area contributed by atoms with Crippen LogP contribution in [0.25, 0.3) is 0 Å². The van der Waals surface area contributed by atoms with Gasteiger partial charge in [0.15, 0.2) is 17.3 Å². The molecule has 0 amide bonds. The molecule has 2 aromatic carbocycles. The minimum absolute atomic E-state index is 0.0688. The number of anilines is 1. The first kappa shape index (κ1) is 17.0. The fraction of sp³-hybridized carbons (Fsp3) is 0.0588. The Balaban J connectivity index is 2.38. The number of benzene rings is 2. The Bertz CT molecular complexity index is 928. The van der Waals surface area contributed by atoms with Gasteiger partial charge in [-0.15, -0.1) is 0 Å². The van der Waals surface area contributed by atoms with Crippen LogP contribution < -0.4 is 15.2 Å². The number of hydrogen-bond donors (Lipinski definition) is 3. The van der Waals surface area contributed by atoms with Gasteiger partial charge in [-0.2, -0.15) is 0 Å². The van der Waals surface area contributed by atoms with Crippen LogP contribution in [0.4, 0.5) is 15.3 Å². The van der Waals surface area contributed by atoms with Crippen molar-refractivity contribution in [3.8, 4) is 11.5 Å². The van der Waals surface area contributed by atoms with E-state index in [9.17, 15) is 19.2 Å². The van der Waals surface area contributed by atoms with Crippen LogP contribution in [0.1, 0.15) is 37.4 Å². The molecule has 0 aliphatic heterocycles. The standard InChI is InChI=1S/C17H11NO8/c1-6-9-10(13(20)8-5-3-2-4-7(8)12(9)19)11(18)15(26-17(23)24)14(6)25-16(21)22/h2-5H,18H2,1H3,(H,21,22)(H,23,24). The highest BCUT2D eigenvalue weighted by Gasteiger charge is 2.37. The van der Waals surface area contributed by atoms with Crippen molar-refractivity contribution in [2.45, 2.75) is 6.92 Å². The van der Waals surface area contributed by atoms with Gasteiger partial charge in [0.05, 0.1) is 11.3 Å². The van der Waals surface area contributed by atoms with Crippen molar-refractivity contribution < 1.29 is 38.9 Å². The van der Waals surface area contributed by atoms with Gasteiger partial charge in [-0.25, -0.2) is 9.59 Å². The molecule has 1 aliphatic rings. The quantitative estimate of drug-likeness (QED) is 0.356. The van der Waals surface area contributed by atoms with Gasteiger partial charge in [-0.1, -0.05) is 24.3 Å². The summed E-state index contributed by atoms with van der Waals surface area (Å²) in [6.07, 6.45) is -3.56. The average molecular weight is 357 g/mol. The predicted molar refractivity (Wildman–Crippen MR) is 86.2 cm³/mol. The summed E-state index contributed by atoms with van der Waals surface area (Å²) in [5.41, 5.74) is 5.14. The van der Waals surface area contributed by atoms with Crippen LogP contribution in [0.2, 0.25) is 0 Å². The van der Waals surface area contributed by atoms with Gasteiger partial charge in [0.25, 0.3) is 0 Å². The lowest BCUT2D eigenvalue weighted by atomic mass is 9.80. The summed E-state index contributed by atoms with van der Waals surface area (Å²) in [5, 5.41) is 17.8. The third-order valence-corrected chi connectivity index (χ3v) is 3.93. The van der Waals surface area contributed by atoms with E-state index in [1.807, 2.05) is 0 Å². The fourth-order valence-corrected chi connectivity index (χ4v) is 2.91. The van der Waals surface area contributed by atoms with Gasteiger partial charge < -0.3 is 25.4 Å². The first-order valence-corrected chi connectivity index (χ1v) is 7.20. The Kier molecular flexibility index (Phi) is 3.84. The van der Waals surface area contributed by atoms with Crippen molar-refractivity contribution in [2.24, 2.45) is 0 Å². The van der Waals surface area contributed by atoms with Gasteiger partial charge in [0.2, 0.25) is 5.75 Å². The molecule has 0 aromatic heterocycles. The second kappa shape index (κ2) is 5.88. The molecule has 0 radical (unpaired) electrons. The number of carbonyl (C=O) groups excluding carboxylic acids is 2.